The summed E-state index contributed by atoms with van der Waals surface area (Å²) in [5.74, 6) is 1.88. The van der Waals surface area contributed by atoms with E-state index in [4.69, 9.17) is 9.47 Å². The van der Waals surface area contributed by atoms with Crippen molar-refractivity contribution in [2.45, 2.75) is 31.8 Å². The maximum atomic E-state index is 6.08. The van der Waals surface area contributed by atoms with E-state index in [-0.39, 0.29) is 12.4 Å². The molecule has 0 unspecified atom stereocenters. The van der Waals surface area contributed by atoms with E-state index in [0.29, 0.717) is 6.10 Å². The molecule has 4 heteroatoms. The third kappa shape index (κ3) is 2.43. The van der Waals surface area contributed by atoms with Crippen LogP contribution in [-0.2, 0) is 12.8 Å². The van der Waals surface area contributed by atoms with Crippen LogP contribution in [0.3, 0.4) is 0 Å². The smallest absolute Gasteiger partial charge is 0.165 e. The molecule has 0 bridgehead atoms. The predicted molar refractivity (Wildman–Crippen MR) is 74.2 cm³/mol. The van der Waals surface area contributed by atoms with E-state index in [1.807, 2.05) is 6.07 Å². The molecule has 100 valence electrons. The Balaban J connectivity index is 0.00000120. The third-order valence-corrected chi connectivity index (χ3v) is 3.69. The van der Waals surface area contributed by atoms with Gasteiger partial charge in [0.15, 0.2) is 11.5 Å². The maximum Gasteiger partial charge on any atom is 0.165 e. The van der Waals surface area contributed by atoms with Crippen LogP contribution < -0.4 is 14.8 Å². The van der Waals surface area contributed by atoms with E-state index in [1.165, 1.54) is 30.4 Å². The van der Waals surface area contributed by atoms with E-state index >= 15 is 0 Å². The van der Waals surface area contributed by atoms with Crippen LogP contribution in [0.2, 0.25) is 0 Å². The third-order valence-electron chi connectivity index (χ3n) is 3.69. The van der Waals surface area contributed by atoms with E-state index in [2.05, 4.69) is 11.4 Å². The SMILES string of the molecule is COc1ccc2c(c1OC1CNC1)CCCC2.Cl. The van der Waals surface area contributed by atoms with Crippen LogP contribution in [-0.4, -0.2) is 26.3 Å². The monoisotopic (exact) mass is 269 g/mol. The number of hydrogen-bond donors (Lipinski definition) is 1. The highest BCUT2D eigenvalue weighted by molar-refractivity contribution is 5.85. The summed E-state index contributed by atoms with van der Waals surface area (Å²) < 4.78 is 11.5. The summed E-state index contributed by atoms with van der Waals surface area (Å²) in [4.78, 5) is 0. The van der Waals surface area contributed by atoms with Gasteiger partial charge in [0.05, 0.1) is 7.11 Å². The average Bonchev–Trinajstić information content (AvgIpc) is 2.33. The molecule has 3 rings (SSSR count). The Labute approximate surface area is 114 Å². The number of fused-ring (bicyclic) bond motifs is 1. The molecular formula is C14H20ClNO2. The molecule has 0 amide bonds. The van der Waals surface area contributed by atoms with Crippen molar-refractivity contribution in [3.8, 4) is 11.5 Å². The molecule has 0 radical (unpaired) electrons. The Morgan fingerprint density at radius 3 is 2.61 bits per heavy atom. The van der Waals surface area contributed by atoms with Crippen molar-refractivity contribution in [2.75, 3.05) is 20.2 Å². The fourth-order valence-corrected chi connectivity index (χ4v) is 2.57. The minimum atomic E-state index is 0. The van der Waals surface area contributed by atoms with Gasteiger partial charge in [0.1, 0.15) is 6.10 Å². The lowest BCUT2D eigenvalue weighted by Crippen LogP contribution is -2.50. The zero-order chi connectivity index (χ0) is 11.7. The first-order valence-electron chi connectivity index (χ1n) is 6.44. The van der Waals surface area contributed by atoms with Crippen LogP contribution in [0.25, 0.3) is 0 Å². The first kappa shape index (κ1) is 13.5. The lowest BCUT2D eigenvalue weighted by molar-refractivity contribution is 0.135. The van der Waals surface area contributed by atoms with Crippen molar-refractivity contribution in [3.63, 3.8) is 0 Å². The van der Waals surface area contributed by atoms with Gasteiger partial charge in [-0.25, -0.2) is 0 Å². The molecule has 0 spiro atoms. The fourth-order valence-electron chi connectivity index (χ4n) is 2.57. The molecule has 0 atom stereocenters. The Bertz CT molecular complexity index is 419. The van der Waals surface area contributed by atoms with Gasteiger partial charge < -0.3 is 14.8 Å². The Morgan fingerprint density at radius 1 is 1.17 bits per heavy atom. The topological polar surface area (TPSA) is 30.5 Å². The molecule has 1 heterocycles. The van der Waals surface area contributed by atoms with Gasteiger partial charge in [-0.2, -0.15) is 0 Å². The maximum absolute atomic E-state index is 6.08. The Kier molecular flexibility index (Phi) is 4.36. The van der Waals surface area contributed by atoms with Crippen molar-refractivity contribution < 1.29 is 9.47 Å². The van der Waals surface area contributed by atoms with Crippen LogP contribution in [0, 0.1) is 0 Å². The number of hydrogen-bond acceptors (Lipinski definition) is 3. The van der Waals surface area contributed by atoms with Gasteiger partial charge in [-0.3, -0.25) is 0 Å². The summed E-state index contributed by atoms with van der Waals surface area (Å²) in [5.41, 5.74) is 2.82. The number of aryl methyl sites for hydroxylation is 1. The van der Waals surface area contributed by atoms with Gasteiger partial charge in [-0.15, -0.1) is 12.4 Å². The van der Waals surface area contributed by atoms with Crippen molar-refractivity contribution in [3.05, 3.63) is 23.3 Å². The molecule has 1 fully saturated rings. The first-order valence-corrected chi connectivity index (χ1v) is 6.44. The van der Waals surface area contributed by atoms with Crippen LogP contribution in [0.1, 0.15) is 24.0 Å². The minimum absolute atomic E-state index is 0. The number of benzene rings is 1. The van der Waals surface area contributed by atoms with Gasteiger partial charge in [-0.05, 0) is 37.3 Å². The average molecular weight is 270 g/mol. The molecule has 0 aromatic heterocycles. The zero-order valence-electron chi connectivity index (χ0n) is 10.7. The van der Waals surface area contributed by atoms with Crippen molar-refractivity contribution in [1.82, 2.24) is 5.32 Å². The molecule has 1 aromatic rings. The number of halogens is 1. The molecule has 1 aliphatic carbocycles. The summed E-state index contributed by atoms with van der Waals surface area (Å²) in [5, 5.41) is 3.23. The van der Waals surface area contributed by atoms with E-state index in [9.17, 15) is 0 Å². The Morgan fingerprint density at radius 2 is 1.94 bits per heavy atom. The molecule has 2 aliphatic rings. The van der Waals surface area contributed by atoms with Crippen LogP contribution in [0.4, 0.5) is 0 Å². The second-order valence-electron chi connectivity index (χ2n) is 4.84. The van der Waals surface area contributed by atoms with Crippen LogP contribution >= 0.6 is 12.4 Å². The van der Waals surface area contributed by atoms with Crippen molar-refractivity contribution in [1.29, 1.82) is 0 Å². The highest BCUT2D eigenvalue weighted by Gasteiger charge is 2.24. The molecule has 1 aliphatic heterocycles. The molecule has 0 saturated carbocycles. The second-order valence-corrected chi connectivity index (χ2v) is 4.84. The molecule has 1 N–H and O–H groups in total. The van der Waals surface area contributed by atoms with E-state index < -0.39 is 0 Å². The summed E-state index contributed by atoms with van der Waals surface area (Å²) in [7, 11) is 1.72. The largest absolute Gasteiger partial charge is 0.493 e. The van der Waals surface area contributed by atoms with Crippen LogP contribution in [0.15, 0.2) is 12.1 Å². The molecule has 1 saturated heterocycles. The highest BCUT2D eigenvalue weighted by Crippen LogP contribution is 2.38. The number of nitrogens with one attached hydrogen (secondary N) is 1. The van der Waals surface area contributed by atoms with Gasteiger partial charge in [0.2, 0.25) is 0 Å². The summed E-state index contributed by atoms with van der Waals surface area (Å²) in [6, 6.07) is 4.24. The number of methoxy groups -OCH3 is 1. The van der Waals surface area contributed by atoms with Crippen molar-refractivity contribution >= 4 is 12.4 Å². The van der Waals surface area contributed by atoms with E-state index in [1.54, 1.807) is 7.11 Å². The second kappa shape index (κ2) is 5.81. The molecule has 1 aromatic carbocycles. The number of rotatable bonds is 3. The van der Waals surface area contributed by atoms with Gasteiger partial charge in [0.25, 0.3) is 0 Å². The molecule has 18 heavy (non-hydrogen) atoms. The lowest BCUT2D eigenvalue weighted by Gasteiger charge is -2.31. The normalized spacial score (nSPS) is 18.3. The lowest BCUT2D eigenvalue weighted by atomic mass is 9.90. The highest BCUT2D eigenvalue weighted by atomic mass is 35.5. The standard InChI is InChI=1S/C14H19NO2.ClH/c1-16-13-7-6-10-4-2-3-5-12(10)14(13)17-11-8-15-9-11;/h6-7,11,15H,2-5,8-9H2,1H3;1H. The van der Waals surface area contributed by atoms with Gasteiger partial charge in [0, 0.05) is 18.7 Å². The van der Waals surface area contributed by atoms with E-state index in [0.717, 1.165) is 31.0 Å². The summed E-state index contributed by atoms with van der Waals surface area (Å²) in [6.07, 6.45) is 5.18. The quantitative estimate of drug-likeness (QED) is 0.914. The van der Waals surface area contributed by atoms with Crippen molar-refractivity contribution in [2.24, 2.45) is 0 Å². The fraction of sp³-hybridized carbons (Fsp3) is 0.571. The first-order chi connectivity index (χ1) is 8.38. The summed E-state index contributed by atoms with van der Waals surface area (Å²) >= 11 is 0. The zero-order valence-corrected chi connectivity index (χ0v) is 11.5. The Hall–Kier alpha value is -0.930. The minimum Gasteiger partial charge on any atom is -0.493 e. The van der Waals surface area contributed by atoms with Crippen LogP contribution in [0.5, 0.6) is 11.5 Å². The molecular weight excluding hydrogens is 250 g/mol. The van der Waals surface area contributed by atoms with Gasteiger partial charge >= 0.3 is 0 Å². The predicted octanol–water partition coefficient (Wildman–Crippen LogP) is 2.35. The summed E-state index contributed by atoms with van der Waals surface area (Å²) in [6.45, 7) is 1.90. The molecule has 3 nitrogen and oxygen atoms in total. The number of ether oxygens (including phenoxy) is 2. The van der Waals surface area contributed by atoms with Gasteiger partial charge in [-0.1, -0.05) is 6.07 Å².